The summed E-state index contributed by atoms with van der Waals surface area (Å²) in [6.45, 7) is 7.65. The Bertz CT molecular complexity index is 419. The third kappa shape index (κ3) is 5.64. The van der Waals surface area contributed by atoms with Crippen LogP contribution in [0.4, 0.5) is 4.39 Å². The van der Waals surface area contributed by atoms with Gasteiger partial charge in [-0.15, -0.1) is 0 Å². The van der Waals surface area contributed by atoms with Crippen LogP contribution in [0.25, 0.3) is 0 Å². The maximum Gasteiger partial charge on any atom is 0.126 e. The van der Waals surface area contributed by atoms with E-state index < -0.39 is 0 Å². The molecule has 0 saturated carbocycles. The van der Waals surface area contributed by atoms with Crippen LogP contribution in [0.3, 0.4) is 0 Å². The van der Waals surface area contributed by atoms with Crippen LogP contribution in [0, 0.1) is 12.7 Å². The van der Waals surface area contributed by atoms with Crippen molar-refractivity contribution < 1.29 is 14.2 Å². The molecule has 120 valence electrons. The van der Waals surface area contributed by atoms with E-state index in [2.05, 4.69) is 19.2 Å². The lowest BCUT2D eigenvalue weighted by Crippen LogP contribution is -2.48. The molecule has 0 heterocycles. The summed E-state index contributed by atoms with van der Waals surface area (Å²) in [4.78, 5) is 0. The second-order valence-corrected chi connectivity index (χ2v) is 5.58. The van der Waals surface area contributed by atoms with Crippen LogP contribution in [0.15, 0.2) is 18.2 Å². The van der Waals surface area contributed by atoms with Crippen LogP contribution in [0.1, 0.15) is 45.1 Å². The highest BCUT2D eigenvalue weighted by molar-refractivity contribution is 5.32. The number of aliphatic hydroxyl groups is 1. The highest BCUT2D eigenvalue weighted by Crippen LogP contribution is 2.21. The van der Waals surface area contributed by atoms with Gasteiger partial charge in [-0.05, 0) is 50.8 Å². The maximum absolute atomic E-state index is 13.2. The van der Waals surface area contributed by atoms with Gasteiger partial charge in [-0.1, -0.05) is 19.9 Å². The Kier molecular flexibility index (Phi) is 7.68. The minimum Gasteiger partial charge on any atom is -0.493 e. The number of hydrogen-bond acceptors (Lipinski definition) is 3. The molecular weight excluding hydrogens is 269 g/mol. The third-order valence-electron chi connectivity index (χ3n) is 3.94. The smallest absolute Gasteiger partial charge is 0.126 e. The predicted molar refractivity (Wildman–Crippen MR) is 84.3 cm³/mol. The summed E-state index contributed by atoms with van der Waals surface area (Å²) in [7, 11) is 0. The van der Waals surface area contributed by atoms with Crippen LogP contribution in [0.2, 0.25) is 0 Å². The number of rotatable bonds is 10. The Morgan fingerprint density at radius 3 is 2.71 bits per heavy atom. The van der Waals surface area contributed by atoms with Crippen molar-refractivity contribution in [2.45, 2.75) is 52.0 Å². The van der Waals surface area contributed by atoms with Crippen molar-refractivity contribution >= 4 is 0 Å². The first kappa shape index (κ1) is 17.9. The predicted octanol–water partition coefficient (Wildman–Crippen LogP) is 3.43. The first-order chi connectivity index (χ1) is 10.1. The van der Waals surface area contributed by atoms with Gasteiger partial charge in [-0.3, -0.25) is 0 Å². The van der Waals surface area contributed by atoms with Crippen molar-refractivity contribution in [3.8, 4) is 5.75 Å². The lowest BCUT2D eigenvalue weighted by atomic mass is 9.91. The number of benzene rings is 1. The Labute approximate surface area is 127 Å². The van der Waals surface area contributed by atoms with Gasteiger partial charge in [-0.2, -0.15) is 0 Å². The topological polar surface area (TPSA) is 41.5 Å². The molecule has 1 aromatic rings. The van der Waals surface area contributed by atoms with Crippen molar-refractivity contribution in [3.63, 3.8) is 0 Å². The summed E-state index contributed by atoms with van der Waals surface area (Å²) in [6.07, 6.45) is 3.58. The quantitative estimate of drug-likeness (QED) is 0.650. The summed E-state index contributed by atoms with van der Waals surface area (Å²) in [6, 6.07) is 4.58. The molecule has 0 bridgehead atoms. The van der Waals surface area contributed by atoms with E-state index in [1.54, 1.807) is 6.07 Å². The number of nitrogens with one attached hydrogen (secondary N) is 1. The van der Waals surface area contributed by atoms with E-state index in [4.69, 9.17) is 4.74 Å². The van der Waals surface area contributed by atoms with Gasteiger partial charge < -0.3 is 15.2 Å². The van der Waals surface area contributed by atoms with Gasteiger partial charge in [-0.25, -0.2) is 4.39 Å². The molecule has 1 atom stereocenters. The minimum atomic E-state index is -0.279. The summed E-state index contributed by atoms with van der Waals surface area (Å²) in [5.74, 6) is 0.320. The van der Waals surface area contributed by atoms with Crippen molar-refractivity contribution in [3.05, 3.63) is 29.6 Å². The van der Waals surface area contributed by atoms with E-state index in [9.17, 15) is 9.50 Å². The second-order valence-electron chi connectivity index (χ2n) is 5.58. The second kappa shape index (κ2) is 9.00. The van der Waals surface area contributed by atoms with E-state index >= 15 is 0 Å². The first-order valence-corrected chi connectivity index (χ1v) is 7.81. The Morgan fingerprint density at radius 1 is 1.33 bits per heavy atom. The van der Waals surface area contributed by atoms with Crippen LogP contribution in [0.5, 0.6) is 5.75 Å². The highest BCUT2D eigenvalue weighted by atomic mass is 19.1. The Morgan fingerprint density at radius 2 is 2.10 bits per heavy atom. The molecule has 21 heavy (non-hydrogen) atoms. The van der Waals surface area contributed by atoms with Crippen molar-refractivity contribution in [2.24, 2.45) is 0 Å². The molecule has 0 saturated heterocycles. The zero-order valence-corrected chi connectivity index (χ0v) is 13.4. The average Bonchev–Trinajstić information content (AvgIpc) is 2.50. The fraction of sp³-hybridized carbons (Fsp3) is 0.647. The number of aliphatic hydroxyl groups excluding tert-OH is 1. The number of ether oxygens (including phenoxy) is 1. The molecule has 3 nitrogen and oxygen atoms in total. The fourth-order valence-corrected chi connectivity index (χ4v) is 2.35. The zero-order valence-electron chi connectivity index (χ0n) is 13.4. The van der Waals surface area contributed by atoms with Gasteiger partial charge in [0.15, 0.2) is 0 Å². The molecule has 0 aliphatic heterocycles. The fourth-order valence-electron chi connectivity index (χ4n) is 2.35. The Hall–Kier alpha value is -1.13. The Balaban J connectivity index is 2.45. The maximum atomic E-state index is 13.2. The van der Waals surface area contributed by atoms with Crippen LogP contribution < -0.4 is 10.1 Å². The number of aryl methyl sites for hydroxylation is 1. The van der Waals surface area contributed by atoms with Crippen molar-refractivity contribution in [1.82, 2.24) is 5.32 Å². The molecule has 4 heteroatoms. The number of halogens is 1. The molecule has 0 radical (unpaired) electrons. The summed E-state index contributed by atoms with van der Waals surface area (Å²) in [5, 5.41) is 13.1. The lowest BCUT2D eigenvalue weighted by molar-refractivity contribution is 0.138. The van der Waals surface area contributed by atoms with Crippen LogP contribution in [-0.4, -0.2) is 30.4 Å². The normalized spacial score (nSPS) is 14.0. The average molecular weight is 297 g/mol. The van der Waals surface area contributed by atoms with E-state index in [-0.39, 0.29) is 18.0 Å². The highest BCUT2D eigenvalue weighted by Gasteiger charge is 2.25. The minimum absolute atomic E-state index is 0.127. The molecule has 0 spiro atoms. The van der Waals surface area contributed by atoms with Crippen molar-refractivity contribution in [2.75, 3.05) is 19.8 Å². The molecule has 1 aromatic carbocycles. The number of hydrogen-bond donors (Lipinski definition) is 2. The van der Waals surface area contributed by atoms with Crippen molar-refractivity contribution in [1.29, 1.82) is 0 Å². The standard InChI is InChI=1S/C17H28FNO2/c1-4-10-19-17(5-2,13-20)9-6-11-21-16-12-15(18)8-7-14(16)3/h7-8,12,19-20H,4-6,9-11,13H2,1-3H3. The molecule has 0 aliphatic rings. The summed E-state index contributed by atoms with van der Waals surface area (Å²) < 4.78 is 18.8. The first-order valence-electron chi connectivity index (χ1n) is 7.81. The molecule has 0 aromatic heterocycles. The van der Waals surface area contributed by atoms with Crippen LogP contribution >= 0.6 is 0 Å². The molecule has 2 N–H and O–H groups in total. The van der Waals surface area contributed by atoms with Gasteiger partial charge >= 0.3 is 0 Å². The van der Waals surface area contributed by atoms with E-state index in [0.717, 1.165) is 37.8 Å². The van der Waals surface area contributed by atoms with Gasteiger partial charge in [0.1, 0.15) is 11.6 Å². The van der Waals surface area contributed by atoms with E-state index in [1.165, 1.54) is 12.1 Å². The zero-order chi connectivity index (χ0) is 15.7. The largest absolute Gasteiger partial charge is 0.493 e. The molecule has 1 unspecified atom stereocenters. The van der Waals surface area contributed by atoms with Gasteiger partial charge in [0.05, 0.1) is 13.2 Å². The summed E-state index contributed by atoms with van der Waals surface area (Å²) >= 11 is 0. The van der Waals surface area contributed by atoms with Gasteiger partial charge in [0.25, 0.3) is 0 Å². The molecule has 1 rings (SSSR count). The molecule has 0 amide bonds. The molecule has 0 aliphatic carbocycles. The SMILES string of the molecule is CCCNC(CC)(CO)CCCOc1cc(F)ccc1C. The lowest BCUT2D eigenvalue weighted by Gasteiger charge is -2.32. The molecular formula is C17H28FNO2. The van der Waals surface area contributed by atoms with Crippen LogP contribution in [-0.2, 0) is 0 Å². The summed E-state index contributed by atoms with van der Waals surface area (Å²) in [5.41, 5.74) is 0.709. The third-order valence-corrected chi connectivity index (χ3v) is 3.94. The van der Waals surface area contributed by atoms with E-state index in [0.29, 0.717) is 12.4 Å². The van der Waals surface area contributed by atoms with E-state index in [1.807, 2.05) is 6.92 Å². The van der Waals surface area contributed by atoms with Gasteiger partial charge in [0, 0.05) is 11.6 Å². The van der Waals surface area contributed by atoms with Gasteiger partial charge in [0.2, 0.25) is 0 Å². The molecule has 0 fully saturated rings. The monoisotopic (exact) mass is 297 g/mol.